The van der Waals surface area contributed by atoms with Gasteiger partial charge < -0.3 is 10.6 Å². The van der Waals surface area contributed by atoms with Gasteiger partial charge in [0.1, 0.15) is 10.3 Å². The van der Waals surface area contributed by atoms with Gasteiger partial charge in [-0.1, -0.05) is 32.0 Å². The molecule has 2 N–H and O–H groups in total. The zero-order valence-electron chi connectivity index (χ0n) is 17.1. The predicted molar refractivity (Wildman–Crippen MR) is 118 cm³/mol. The number of rotatable bonds is 8. The summed E-state index contributed by atoms with van der Waals surface area (Å²) in [7, 11) is -3.66. The lowest BCUT2D eigenvalue weighted by Gasteiger charge is -2.22. The van der Waals surface area contributed by atoms with Gasteiger partial charge in [-0.15, -0.1) is 11.3 Å². The van der Waals surface area contributed by atoms with Crippen molar-refractivity contribution in [1.29, 1.82) is 0 Å². The molecule has 1 unspecified atom stereocenters. The van der Waals surface area contributed by atoms with Gasteiger partial charge in [0.2, 0.25) is 11.8 Å². The van der Waals surface area contributed by atoms with Crippen LogP contribution < -0.4 is 10.6 Å². The van der Waals surface area contributed by atoms with E-state index in [4.69, 9.17) is 0 Å². The Labute approximate surface area is 181 Å². The molecule has 0 spiro atoms. The highest BCUT2D eigenvalue weighted by molar-refractivity contribution is 7.91. The Hall–Kier alpha value is -2.23. The van der Waals surface area contributed by atoms with Crippen molar-refractivity contribution in [1.82, 2.24) is 9.62 Å². The van der Waals surface area contributed by atoms with Crippen LogP contribution in [0.2, 0.25) is 0 Å². The van der Waals surface area contributed by atoms with Crippen LogP contribution in [0.4, 0.5) is 5.69 Å². The number of carbonyl (C=O) groups is 2. The van der Waals surface area contributed by atoms with E-state index in [9.17, 15) is 18.0 Å². The molecule has 2 heterocycles. The minimum atomic E-state index is -3.66. The van der Waals surface area contributed by atoms with Gasteiger partial charge in [-0.2, -0.15) is 4.31 Å². The number of hydrogen-bond acceptors (Lipinski definition) is 5. The summed E-state index contributed by atoms with van der Waals surface area (Å²) >= 11 is 1.15. The Bertz CT molecular complexity index is 987. The van der Waals surface area contributed by atoms with E-state index in [-0.39, 0.29) is 28.5 Å². The third kappa shape index (κ3) is 5.47. The summed E-state index contributed by atoms with van der Waals surface area (Å²) in [6.07, 6.45) is 1.60. The minimum Gasteiger partial charge on any atom is -0.351 e. The van der Waals surface area contributed by atoms with Gasteiger partial charge in [0, 0.05) is 25.2 Å². The van der Waals surface area contributed by atoms with E-state index in [1.54, 1.807) is 23.6 Å². The number of benzene rings is 1. The fourth-order valence-corrected chi connectivity index (χ4v) is 6.24. The van der Waals surface area contributed by atoms with Crippen LogP contribution in [0.5, 0.6) is 0 Å². The monoisotopic (exact) mass is 449 g/mol. The average Bonchev–Trinajstić information content (AvgIpc) is 3.38. The van der Waals surface area contributed by atoms with E-state index < -0.39 is 16.1 Å². The molecule has 7 nitrogen and oxygen atoms in total. The number of thiophene rings is 1. The summed E-state index contributed by atoms with van der Waals surface area (Å²) < 4.78 is 27.2. The van der Waals surface area contributed by atoms with Crippen molar-refractivity contribution in [3.63, 3.8) is 0 Å². The number of nitrogens with one attached hydrogen (secondary N) is 2. The first kappa shape index (κ1) is 22.5. The summed E-state index contributed by atoms with van der Waals surface area (Å²) in [6.45, 7) is 4.57. The standard InChI is InChI=1S/C21H27N3O4S2/c1-15(2)12-19(25)23-17-7-3-6-16(13-17)14-22-21(26)18-8-4-10-24(18)30(27,28)20-9-5-11-29-20/h3,5-7,9,11,13,15,18H,4,8,10,12,14H2,1-2H3,(H,22,26)(H,23,25). The normalized spacial score (nSPS) is 17.2. The zero-order chi connectivity index (χ0) is 21.7. The van der Waals surface area contributed by atoms with Gasteiger partial charge >= 0.3 is 0 Å². The minimum absolute atomic E-state index is 0.0495. The first-order valence-electron chi connectivity index (χ1n) is 9.99. The molecule has 0 aliphatic carbocycles. The second-order valence-electron chi connectivity index (χ2n) is 7.77. The number of hydrogen-bond donors (Lipinski definition) is 2. The van der Waals surface area contributed by atoms with Gasteiger partial charge in [-0.3, -0.25) is 9.59 Å². The average molecular weight is 450 g/mol. The number of nitrogens with zero attached hydrogens (tertiary/aromatic N) is 1. The maximum atomic E-state index is 12.8. The van der Waals surface area contributed by atoms with Crippen LogP contribution in [-0.4, -0.2) is 37.1 Å². The number of carbonyl (C=O) groups excluding carboxylic acids is 2. The van der Waals surface area contributed by atoms with E-state index in [1.807, 2.05) is 32.0 Å². The molecule has 162 valence electrons. The van der Waals surface area contributed by atoms with Crippen LogP contribution >= 0.6 is 11.3 Å². The molecule has 3 rings (SSSR count). The van der Waals surface area contributed by atoms with E-state index in [0.29, 0.717) is 31.5 Å². The smallest absolute Gasteiger partial charge is 0.253 e. The van der Waals surface area contributed by atoms with Crippen LogP contribution in [0.3, 0.4) is 0 Å². The second kappa shape index (κ2) is 9.72. The summed E-state index contributed by atoms with van der Waals surface area (Å²) in [5.74, 6) is -0.0827. The summed E-state index contributed by atoms with van der Waals surface area (Å²) in [6, 6.07) is 9.83. The molecule has 0 saturated carbocycles. The van der Waals surface area contributed by atoms with Crippen molar-refractivity contribution in [2.45, 2.75) is 49.9 Å². The molecule has 2 aromatic rings. The van der Waals surface area contributed by atoms with E-state index in [0.717, 1.165) is 16.9 Å². The molecule has 1 saturated heterocycles. The number of amides is 2. The molecule has 1 aliphatic heterocycles. The Morgan fingerprint density at radius 1 is 1.23 bits per heavy atom. The lowest BCUT2D eigenvalue weighted by molar-refractivity contribution is -0.124. The lowest BCUT2D eigenvalue weighted by Crippen LogP contribution is -2.45. The fourth-order valence-electron chi connectivity index (χ4n) is 3.46. The maximum absolute atomic E-state index is 12.8. The van der Waals surface area contributed by atoms with Crippen molar-refractivity contribution in [3.8, 4) is 0 Å². The Balaban J connectivity index is 1.61. The van der Waals surface area contributed by atoms with Gasteiger partial charge in [0.05, 0.1) is 0 Å². The van der Waals surface area contributed by atoms with E-state index in [1.165, 1.54) is 4.31 Å². The number of anilines is 1. The number of sulfonamides is 1. The second-order valence-corrected chi connectivity index (χ2v) is 10.8. The van der Waals surface area contributed by atoms with Crippen LogP contribution in [0.15, 0.2) is 46.0 Å². The third-order valence-electron chi connectivity index (χ3n) is 4.84. The summed E-state index contributed by atoms with van der Waals surface area (Å²) in [4.78, 5) is 24.7. The topological polar surface area (TPSA) is 95.6 Å². The molecule has 30 heavy (non-hydrogen) atoms. The molecular formula is C21H27N3O4S2. The molecule has 1 fully saturated rings. The Morgan fingerprint density at radius 2 is 2.03 bits per heavy atom. The Morgan fingerprint density at radius 3 is 2.73 bits per heavy atom. The molecule has 2 amide bonds. The molecule has 9 heteroatoms. The largest absolute Gasteiger partial charge is 0.351 e. The van der Waals surface area contributed by atoms with Crippen LogP contribution in [0, 0.1) is 5.92 Å². The van der Waals surface area contributed by atoms with Crippen LogP contribution in [0.1, 0.15) is 38.7 Å². The van der Waals surface area contributed by atoms with Crippen molar-refractivity contribution < 1.29 is 18.0 Å². The fraction of sp³-hybridized carbons (Fsp3) is 0.429. The molecule has 1 atom stereocenters. The molecule has 0 radical (unpaired) electrons. The SMILES string of the molecule is CC(C)CC(=O)Nc1cccc(CNC(=O)C2CCCN2S(=O)(=O)c2cccs2)c1. The summed E-state index contributed by atoms with van der Waals surface area (Å²) in [5, 5.41) is 7.42. The van der Waals surface area contributed by atoms with Crippen molar-refractivity contribution in [2.75, 3.05) is 11.9 Å². The quantitative estimate of drug-likeness (QED) is 0.647. The van der Waals surface area contributed by atoms with Gasteiger partial charge in [-0.25, -0.2) is 8.42 Å². The molecule has 1 aromatic carbocycles. The Kier molecular flexibility index (Phi) is 7.27. The first-order valence-corrected chi connectivity index (χ1v) is 12.3. The molecule has 0 bridgehead atoms. The lowest BCUT2D eigenvalue weighted by atomic mass is 10.1. The van der Waals surface area contributed by atoms with Crippen LogP contribution in [-0.2, 0) is 26.2 Å². The highest BCUT2D eigenvalue weighted by Gasteiger charge is 2.39. The van der Waals surface area contributed by atoms with E-state index >= 15 is 0 Å². The highest BCUT2D eigenvalue weighted by Crippen LogP contribution is 2.28. The van der Waals surface area contributed by atoms with Gasteiger partial charge in [-0.05, 0) is 47.9 Å². The van der Waals surface area contributed by atoms with Crippen molar-refractivity contribution in [3.05, 3.63) is 47.3 Å². The zero-order valence-corrected chi connectivity index (χ0v) is 18.8. The molecular weight excluding hydrogens is 422 g/mol. The van der Waals surface area contributed by atoms with E-state index in [2.05, 4.69) is 10.6 Å². The third-order valence-corrected chi connectivity index (χ3v) is 8.12. The van der Waals surface area contributed by atoms with Crippen molar-refractivity contribution >= 4 is 38.9 Å². The van der Waals surface area contributed by atoms with Gasteiger partial charge in [0.25, 0.3) is 10.0 Å². The molecule has 1 aromatic heterocycles. The van der Waals surface area contributed by atoms with Crippen LogP contribution in [0.25, 0.3) is 0 Å². The summed E-state index contributed by atoms with van der Waals surface area (Å²) in [5.41, 5.74) is 1.51. The maximum Gasteiger partial charge on any atom is 0.253 e. The van der Waals surface area contributed by atoms with Crippen molar-refractivity contribution in [2.24, 2.45) is 5.92 Å². The predicted octanol–water partition coefficient (Wildman–Crippen LogP) is 3.20. The molecule has 1 aliphatic rings. The first-order chi connectivity index (χ1) is 14.3. The van der Waals surface area contributed by atoms with Gasteiger partial charge in [0.15, 0.2) is 0 Å². The highest BCUT2D eigenvalue weighted by atomic mass is 32.2.